The first kappa shape index (κ1) is 9.22. The highest BCUT2D eigenvalue weighted by Crippen LogP contribution is 2.18. The third kappa shape index (κ3) is 1.84. The molecule has 0 aliphatic heterocycles. The maximum atomic E-state index is 10.7. The fourth-order valence-electron chi connectivity index (χ4n) is 0.945. The van der Waals surface area contributed by atoms with Crippen molar-refractivity contribution in [2.45, 2.75) is 11.8 Å². The maximum absolute atomic E-state index is 10.7. The molecule has 0 saturated heterocycles. The van der Waals surface area contributed by atoms with E-state index >= 15 is 0 Å². The minimum atomic E-state index is -1.91. The first-order valence-corrected chi connectivity index (χ1v) is 4.51. The predicted molar refractivity (Wildman–Crippen MR) is 46.8 cm³/mol. The summed E-state index contributed by atoms with van der Waals surface area (Å²) in [5.74, 6) is 0.696. The zero-order chi connectivity index (χ0) is 9.14. The van der Waals surface area contributed by atoms with E-state index in [0.717, 1.165) is 5.56 Å². The van der Waals surface area contributed by atoms with Crippen molar-refractivity contribution in [2.24, 2.45) is 0 Å². The summed E-state index contributed by atoms with van der Waals surface area (Å²) in [5, 5.41) is 0. The zero-order valence-electron chi connectivity index (χ0n) is 6.90. The number of ether oxygens (including phenoxy) is 1. The molecule has 0 radical (unpaired) electrons. The Labute approximate surface area is 73.7 Å². The van der Waals surface area contributed by atoms with Gasteiger partial charge in [-0.2, -0.15) is 0 Å². The number of rotatable bonds is 2. The van der Waals surface area contributed by atoms with Crippen molar-refractivity contribution in [3.05, 3.63) is 23.8 Å². The summed E-state index contributed by atoms with van der Waals surface area (Å²) in [5.41, 5.74) is 0.759. The van der Waals surface area contributed by atoms with Crippen LogP contribution >= 0.6 is 0 Å². The van der Waals surface area contributed by atoms with Gasteiger partial charge in [-0.3, -0.25) is 0 Å². The molecule has 0 aromatic heterocycles. The summed E-state index contributed by atoms with van der Waals surface area (Å²) in [4.78, 5) is 0.427. The first-order chi connectivity index (χ1) is 5.65. The molecule has 3 nitrogen and oxygen atoms in total. The highest BCUT2D eigenvalue weighted by atomic mass is 32.2. The summed E-state index contributed by atoms with van der Waals surface area (Å²) in [6.45, 7) is 1.77. The van der Waals surface area contributed by atoms with Gasteiger partial charge in [0, 0.05) is 0 Å². The Morgan fingerprint density at radius 3 is 2.58 bits per heavy atom. The fraction of sp³-hybridized carbons (Fsp3) is 0.250. The van der Waals surface area contributed by atoms with Crippen LogP contribution in [0.15, 0.2) is 23.1 Å². The molecule has 4 heteroatoms. The largest absolute Gasteiger partial charge is 0.497 e. The van der Waals surface area contributed by atoms with Gasteiger partial charge in [0.05, 0.1) is 12.0 Å². The van der Waals surface area contributed by atoms with Crippen LogP contribution in [0, 0.1) is 6.92 Å². The SMILES string of the molecule is COc1ccc(S(=O)O)c(C)c1. The van der Waals surface area contributed by atoms with Crippen molar-refractivity contribution in [1.29, 1.82) is 0 Å². The number of aryl methyl sites for hydroxylation is 1. The Kier molecular flexibility index (Phi) is 2.83. The van der Waals surface area contributed by atoms with Gasteiger partial charge in [0.15, 0.2) is 11.1 Å². The van der Waals surface area contributed by atoms with E-state index in [4.69, 9.17) is 9.29 Å². The van der Waals surface area contributed by atoms with Crippen molar-refractivity contribution in [2.75, 3.05) is 7.11 Å². The summed E-state index contributed by atoms with van der Waals surface area (Å²) >= 11 is -1.91. The van der Waals surface area contributed by atoms with Crippen LogP contribution < -0.4 is 4.74 Å². The lowest BCUT2D eigenvalue weighted by molar-refractivity contribution is 0.414. The molecule has 12 heavy (non-hydrogen) atoms. The summed E-state index contributed by atoms with van der Waals surface area (Å²) in [6, 6.07) is 4.98. The molecule has 1 rings (SSSR count). The van der Waals surface area contributed by atoms with Crippen molar-refractivity contribution in [3.8, 4) is 5.75 Å². The van der Waals surface area contributed by atoms with Gasteiger partial charge in [0.25, 0.3) is 0 Å². The summed E-state index contributed by atoms with van der Waals surface area (Å²) in [6.07, 6.45) is 0. The maximum Gasteiger partial charge on any atom is 0.186 e. The standard InChI is InChI=1S/C8H10O3S/c1-6-5-7(11-2)3-4-8(6)12(9)10/h3-5H,1-2H3,(H,9,10). The van der Waals surface area contributed by atoms with Crippen molar-refractivity contribution in [1.82, 2.24) is 0 Å². The lowest BCUT2D eigenvalue weighted by Crippen LogP contribution is -1.93. The van der Waals surface area contributed by atoms with E-state index in [9.17, 15) is 4.21 Å². The highest BCUT2D eigenvalue weighted by Gasteiger charge is 2.04. The van der Waals surface area contributed by atoms with Crippen LogP contribution in [0.2, 0.25) is 0 Å². The molecular formula is C8H10O3S. The smallest absolute Gasteiger partial charge is 0.186 e. The van der Waals surface area contributed by atoms with E-state index < -0.39 is 11.1 Å². The van der Waals surface area contributed by atoms with Crippen LogP contribution in [0.1, 0.15) is 5.56 Å². The monoisotopic (exact) mass is 186 g/mol. The van der Waals surface area contributed by atoms with Crippen LogP contribution in [0.3, 0.4) is 0 Å². The average Bonchev–Trinajstić information content (AvgIpc) is 2.03. The van der Waals surface area contributed by atoms with Gasteiger partial charge < -0.3 is 9.29 Å². The highest BCUT2D eigenvalue weighted by molar-refractivity contribution is 7.79. The lowest BCUT2D eigenvalue weighted by atomic mass is 10.2. The molecule has 0 saturated carbocycles. The van der Waals surface area contributed by atoms with Crippen LogP contribution in [-0.4, -0.2) is 15.9 Å². The molecule has 0 aliphatic rings. The Hall–Kier alpha value is -0.870. The van der Waals surface area contributed by atoms with Crippen LogP contribution in [-0.2, 0) is 11.1 Å². The Morgan fingerprint density at radius 2 is 2.17 bits per heavy atom. The van der Waals surface area contributed by atoms with Crippen molar-refractivity contribution >= 4 is 11.1 Å². The van der Waals surface area contributed by atoms with E-state index in [-0.39, 0.29) is 0 Å². The number of methoxy groups -OCH3 is 1. The van der Waals surface area contributed by atoms with Gasteiger partial charge in [-0.1, -0.05) is 0 Å². The molecule has 0 heterocycles. The van der Waals surface area contributed by atoms with Gasteiger partial charge in [-0.15, -0.1) is 0 Å². The van der Waals surface area contributed by atoms with E-state index in [1.165, 1.54) is 0 Å². The molecule has 1 N–H and O–H groups in total. The molecule has 66 valence electrons. The first-order valence-electron chi connectivity index (χ1n) is 3.40. The van der Waals surface area contributed by atoms with Crippen LogP contribution in [0.5, 0.6) is 5.75 Å². The van der Waals surface area contributed by atoms with Gasteiger partial charge in [0.2, 0.25) is 0 Å². The Bertz CT molecular complexity index is 309. The third-order valence-corrected chi connectivity index (χ3v) is 2.40. The van der Waals surface area contributed by atoms with Gasteiger partial charge in [-0.25, -0.2) is 4.21 Å². The summed E-state index contributed by atoms with van der Waals surface area (Å²) < 4.78 is 24.4. The Morgan fingerprint density at radius 1 is 1.50 bits per heavy atom. The molecule has 1 atom stereocenters. The van der Waals surface area contributed by atoms with Gasteiger partial charge in [-0.05, 0) is 30.7 Å². The quantitative estimate of drug-likeness (QED) is 0.713. The topological polar surface area (TPSA) is 46.5 Å². The normalized spacial score (nSPS) is 12.6. The molecule has 1 aromatic carbocycles. The van der Waals surface area contributed by atoms with E-state index in [1.807, 2.05) is 0 Å². The molecular weight excluding hydrogens is 176 g/mol. The molecule has 0 amide bonds. The number of hydrogen-bond acceptors (Lipinski definition) is 2. The minimum absolute atomic E-state index is 0.427. The van der Waals surface area contributed by atoms with Crippen molar-refractivity contribution in [3.63, 3.8) is 0 Å². The molecule has 1 unspecified atom stereocenters. The van der Waals surface area contributed by atoms with Gasteiger partial charge >= 0.3 is 0 Å². The lowest BCUT2D eigenvalue weighted by Gasteiger charge is -2.03. The number of hydrogen-bond donors (Lipinski definition) is 1. The Balaban J connectivity index is 3.12. The molecule has 0 aliphatic carbocycles. The van der Waals surface area contributed by atoms with Crippen molar-refractivity contribution < 1.29 is 13.5 Å². The second-order valence-electron chi connectivity index (χ2n) is 2.38. The summed E-state index contributed by atoms with van der Waals surface area (Å²) in [7, 11) is 1.56. The number of benzene rings is 1. The van der Waals surface area contributed by atoms with E-state index in [1.54, 1.807) is 32.2 Å². The predicted octanol–water partition coefficient (Wildman–Crippen LogP) is 1.58. The van der Waals surface area contributed by atoms with Gasteiger partial charge in [0.1, 0.15) is 5.75 Å². The van der Waals surface area contributed by atoms with Crippen LogP contribution in [0.25, 0.3) is 0 Å². The third-order valence-electron chi connectivity index (χ3n) is 1.57. The molecule has 0 fully saturated rings. The van der Waals surface area contributed by atoms with Crippen LogP contribution in [0.4, 0.5) is 0 Å². The average molecular weight is 186 g/mol. The second kappa shape index (κ2) is 3.69. The van der Waals surface area contributed by atoms with E-state index in [2.05, 4.69) is 0 Å². The molecule has 0 spiro atoms. The second-order valence-corrected chi connectivity index (χ2v) is 3.32. The molecule has 1 aromatic rings. The minimum Gasteiger partial charge on any atom is -0.497 e. The molecule has 0 bridgehead atoms. The van der Waals surface area contributed by atoms with E-state index in [0.29, 0.717) is 10.6 Å². The fourth-order valence-corrected chi connectivity index (χ4v) is 1.46. The zero-order valence-corrected chi connectivity index (χ0v) is 7.72.